The number of imidazole rings is 1. The minimum Gasteiger partial charge on any atom is -0.450 e. The summed E-state index contributed by atoms with van der Waals surface area (Å²) in [7, 11) is 0. The van der Waals surface area contributed by atoms with Gasteiger partial charge in [-0.25, -0.2) is 13.9 Å². The SMILES string of the molecule is CC(C)c1cccc(C(C)C)c1-n1cc[n+](-c2c(C(C)C)cccc2C(C)C)c1.CCOC(=O)O. The molecule has 0 unspecified atom stereocenters. The van der Waals surface area contributed by atoms with Gasteiger partial charge >= 0.3 is 6.16 Å². The minimum absolute atomic E-state index is 0.231. The molecule has 1 heterocycles. The first-order valence-corrected chi connectivity index (χ1v) is 12.7. The average molecular weight is 480 g/mol. The Labute approximate surface area is 211 Å². The highest BCUT2D eigenvalue weighted by Gasteiger charge is 2.23. The van der Waals surface area contributed by atoms with E-state index in [2.05, 4.69) is 124 Å². The van der Waals surface area contributed by atoms with E-state index in [1.54, 1.807) is 6.92 Å². The molecule has 5 heteroatoms. The molecular formula is C30H43N2O3+. The molecular weight excluding hydrogens is 436 g/mol. The molecule has 0 amide bonds. The molecule has 2 aromatic carbocycles. The van der Waals surface area contributed by atoms with Crippen LogP contribution in [0.2, 0.25) is 0 Å². The van der Waals surface area contributed by atoms with Gasteiger partial charge in [-0.2, -0.15) is 0 Å². The van der Waals surface area contributed by atoms with Gasteiger partial charge in [0.05, 0.1) is 6.61 Å². The van der Waals surface area contributed by atoms with Crippen molar-refractivity contribution in [1.29, 1.82) is 0 Å². The number of nitrogens with zero attached hydrogens (tertiary/aromatic N) is 2. The predicted octanol–water partition coefficient (Wildman–Crippen LogP) is 7.95. The number of carboxylic acid groups (broad SMARTS) is 1. The van der Waals surface area contributed by atoms with Gasteiger partial charge in [-0.3, -0.25) is 0 Å². The summed E-state index contributed by atoms with van der Waals surface area (Å²) in [6.45, 7) is 20.1. The van der Waals surface area contributed by atoms with Crippen molar-refractivity contribution in [3.8, 4) is 11.4 Å². The molecule has 0 aliphatic heterocycles. The molecule has 0 radical (unpaired) electrons. The highest BCUT2D eigenvalue weighted by molar-refractivity contribution is 5.56. The molecule has 3 aromatic rings. The molecule has 0 bridgehead atoms. The van der Waals surface area contributed by atoms with Crippen LogP contribution in [0, 0.1) is 0 Å². The van der Waals surface area contributed by atoms with Crippen LogP contribution in [0.25, 0.3) is 11.4 Å². The summed E-state index contributed by atoms with van der Waals surface area (Å²) in [5.41, 5.74) is 8.29. The zero-order chi connectivity index (χ0) is 26.3. The maximum Gasteiger partial charge on any atom is 0.505 e. The Bertz CT molecular complexity index is 980. The lowest BCUT2D eigenvalue weighted by Crippen LogP contribution is -2.31. The monoisotopic (exact) mass is 479 g/mol. The third-order valence-electron chi connectivity index (χ3n) is 6.11. The van der Waals surface area contributed by atoms with Crippen LogP contribution in [-0.4, -0.2) is 22.4 Å². The van der Waals surface area contributed by atoms with E-state index in [1.807, 2.05) is 0 Å². The Morgan fingerprint density at radius 2 is 1.26 bits per heavy atom. The fraction of sp³-hybridized carbons (Fsp3) is 0.467. The first-order valence-electron chi connectivity index (χ1n) is 12.7. The second-order valence-corrected chi connectivity index (χ2v) is 10.1. The van der Waals surface area contributed by atoms with Crippen LogP contribution in [0.1, 0.15) is 108 Å². The number of carbonyl (C=O) groups is 1. The third kappa shape index (κ3) is 6.97. The summed E-state index contributed by atoms with van der Waals surface area (Å²) in [5, 5.41) is 7.69. The average Bonchev–Trinajstić information content (AvgIpc) is 3.27. The van der Waals surface area contributed by atoms with Crippen LogP contribution in [0.5, 0.6) is 0 Å². The summed E-state index contributed by atoms with van der Waals surface area (Å²) in [4.78, 5) is 9.38. The molecule has 0 aliphatic rings. The Kier molecular flexibility index (Phi) is 10.1. The van der Waals surface area contributed by atoms with E-state index in [-0.39, 0.29) is 6.61 Å². The summed E-state index contributed by atoms with van der Waals surface area (Å²) >= 11 is 0. The lowest BCUT2D eigenvalue weighted by molar-refractivity contribution is -0.596. The summed E-state index contributed by atoms with van der Waals surface area (Å²) < 4.78 is 8.61. The first kappa shape index (κ1) is 28.2. The van der Waals surface area contributed by atoms with Crippen LogP contribution < -0.4 is 4.57 Å². The molecule has 3 rings (SSSR count). The Hall–Kier alpha value is -3.08. The topological polar surface area (TPSA) is 55.3 Å². The van der Waals surface area contributed by atoms with E-state index >= 15 is 0 Å². The fourth-order valence-electron chi connectivity index (χ4n) is 4.36. The molecule has 35 heavy (non-hydrogen) atoms. The zero-order valence-corrected chi connectivity index (χ0v) is 22.9. The molecule has 0 saturated heterocycles. The normalized spacial score (nSPS) is 11.2. The number of ether oxygens (including phenoxy) is 1. The number of hydrogen-bond donors (Lipinski definition) is 1. The van der Waals surface area contributed by atoms with E-state index in [1.165, 1.54) is 33.6 Å². The molecule has 0 fully saturated rings. The smallest absolute Gasteiger partial charge is 0.450 e. The number of benzene rings is 2. The second kappa shape index (κ2) is 12.6. The van der Waals surface area contributed by atoms with Gasteiger partial charge in [-0.1, -0.05) is 91.8 Å². The number of para-hydroxylation sites is 2. The molecule has 0 atom stereocenters. The lowest BCUT2D eigenvalue weighted by atomic mass is 9.92. The summed E-state index contributed by atoms with van der Waals surface area (Å²) in [6, 6.07) is 13.5. The van der Waals surface area contributed by atoms with Crippen LogP contribution in [-0.2, 0) is 4.74 Å². The van der Waals surface area contributed by atoms with E-state index in [9.17, 15) is 4.79 Å². The number of aromatic nitrogens is 2. The van der Waals surface area contributed by atoms with Crippen molar-refractivity contribution in [2.75, 3.05) is 6.61 Å². The van der Waals surface area contributed by atoms with Crippen LogP contribution in [0.15, 0.2) is 55.1 Å². The van der Waals surface area contributed by atoms with Gasteiger partial charge in [-0.15, -0.1) is 0 Å². The molecule has 190 valence electrons. The van der Waals surface area contributed by atoms with Gasteiger partial charge < -0.3 is 9.84 Å². The fourth-order valence-corrected chi connectivity index (χ4v) is 4.36. The lowest BCUT2D eigenvalue weighted by Gasteiger charge is -2.17. The minimum atomic E-state index is -1.21. The largest absolute Gasteiger partial charge is 0.505 e. The van der Waals surface area contributed by atoms with Crippen molar-refractivity contribution in [3.05, 3.63) is 77.4 Å². The van der Waals surface area contributed by atoms with Crippen molar-refractivity contribution in [1.82, 2.24) is 4.57 Å². The van der Waals surface area contributed by atoms with Crippen molar-refractivity contribution >= 4 is 6.16 Å². The number of hydrogen-bond acceptors (Lipinski definition) is 2. The van der Waals surface area contributed by atoms with Crippen molar-refractivity contribution in [2.24, 2.45) is 0 Å². The number of rotatable bonds is 7. The summed E-state index contributed by atoms with van der Waals surface area (Å²) in [5.74, 6) is 1.92. The van der Waals surface area contributed by atoms with E-state index in [0.29, 0.717) is 23.7 Å². The highest BCUT2D eigenvalue weighted by Crippen LogP contribution is 2.32. The highest BCUT2D eigenvalue weighted by atomic mass is 16.7. The van der Waals surface area contributed by atoms with Crippen molar-refractivity contribution in [2.45, 2.75) is 86.0 Å². The van der Waals surface area contributed by atoms with Gasteiger partial charge in [0.15, 0.2) is 0 Å². The molecule has 5 nitrogen and oxygen atoms in total. The van der Waals surface area contributed by atoms with Gasteiger partial charge in [0.2, 0.25) is 0 Å². The molecule has 1 aromatic heterocycles. The van der Waals surface area contributed by atoms with Crippen molar-refractivity contribution in [3.63, 3.8) is 0 Å². The van der Waals surface area contributed by atoms with E-state index in [4.69, 9.17) is 5.11 Å². The van der Waals surface area contributed by atoms with Crippen LogP contribution in [0.3, 0.4) is 0 Å². The zero-order valence-electron chi connectivity index (χ0n) is 22.9. The molecule has 0 saturated carbocycles. The third-order valence-corrected chi connectivity index (χ3v) is 6.11. The van der Waals surface area contributed by atoms with Gasteiger partial charge in [0.1, 0.15) is 23.8 Å². The van der Waals surface area contributed by atoms with Crippen molar-refractivity contribution < 1.29 is 19.2 Å². The molecule has 0 spiro atoms. The van der Waals surface area contributed by atoms with Crippen LogP contribution >= 0.6 is 0 Å². The summed E-state index contributed by atoms with van der Waals surface area (Å²) in [6.07, 6.45) is 5.49. The van der Waals surface area contributed by atoms with E-state index < -0.39 is 6.16 Å². The Balaban J connectivity index is 0.000000641. The maximum absolute atomic E-state index is 9.38. The molecule has 1 N–H and O–H groups in total. The van der Waals surface area contributed by atoms with E-state index in [0.717, 1.165) is 0 Å². The maximum atomic E-state index is 9.38. The van der Waals surface area contributed by atoms with Gasteiger partial charge in [0, 0.05) is 22.3 Å². The Morgan fingerprint density at radius 3 is 1.60 bits per heavy atom. The van der Waals surface area contributed by atoms with Gasteiger partial charge in [-0.05, 0) is 30.6 Å². The first-order chi connectivity index (χ1) is 16.5. The van der Waals surface area contributed by atoms with Gasteiger partial charge in [0.25, 0.3) is 6.33 Å². The Morgan fingerprint density at radius 1 is 0.829 bits per heavy atom. The molecule has 0 aliphatic carbocycles. The predicted molar refractivity (Wildman–Crippen MR) is 143 cm³/mol. The quantitative estimate of drug-likeness (QED) is 0.276. The standard InChI is InChI=1S/C27H37N2.C3H6O3/c1-18(2)22-11-9-12-23(19(3)4)26(22)28-15-16-29(17-28)27-24(20(5)6)13-10-14-25(27)21(7)8;1-2-6-3(4)5/h9-21H,1-8H3;2H2,1H3,(H,4,5)/q+1;. The second-order valence-electron chi connectivity index (χ2n) is 10.1. The van der Waals surface area contributed by atoms with Crippen LogP contribution in [0.4, 0.5) is 4.79 Å².